The van der Waals surface area contributed by atoms with E-state index in [-0.39, 0.29) is 34.8 Å². The third-order valence-corrected chi connectivity index (χ3v) is 7.55. The zero-order valence-electron chi connectivity index (χ0n) is 19.6. The number of nitrogens with zero attached hydrogens (tertiary/aromatic N) is 2. The molecule has 5 N–H and O–H groups in total. The molecule has 0 bridgehead atoms. The van der Waals surface area contributed by atoms with Crippen LogP contribution in [0.2, 0.25) is 0 Å². The fraction of sp³-hybridized carbons (Fsp3) is 0.333. The first kappa shape index (κ1) is 25.6. The quantitative estimate of drug-likeness (QED) is 0.365. The molecule has 1 aromatic carbocycles. The van der Waals surface area contributed by atoms with Gasteiger partial charge in [-0.3, -0.25) is 14.4 Å². The summed E-state index contributed by atoms with van der Waals surface area (Å²) < 4.78 is 14.9. The lowest BCUT2D eigenvalue weighted by molar-refractivity contribution is -0.126. The zero-order chi connectivity index (χ0) is 25.7. The maximum absolute atomic E-state index is 13.9. The van der Waals surface area contributed by atoms with Gasteiger partial charge >= 0.3 is 0 Å². The summed E-state index contributed by atoms with van der Waals surface area (Å²) in [6.45, 7) is 1.14. The molecule has 12 heteroatoms. The van der Waals surface area contributed by atoms with Gasteiger partial charge in [-0.25, -0.2) is 0 Å². The van der Waals surface area contributed by atoms with Gasteiger partial charge in [0.1, 0.15) is 16.7 Å². The molecule has 1 aliphatic heterocycles. The number of amides is 3. The number of nitrogens with one attached hydrogen (secondary N) is 1. The number of rotatable bonds is 10. The van der Waals surface area contributed by atoms with E-state index in [1.165, 1.54) is 16.2 Å². The smallest absolute Gasteiger partial charge is 0.270 e. The highest BCUT2D eigenvalue weighted by atomic mass is 32.1. The summed E-state index contributed by atoms with van der Waals surface area (Å²) in [6.07, 6.45) is 1.74. The number of ether oxygens (including phenoxy) is 2. The molecule has 3 heterocycles. The summed E-state index contributed by atoms with van der Waals surface area (Å²) in [6, 6.07) is 9.71. The Morgan fingerprint density at radius 1 is 1.28 bits per heavy atom. The van der Waals surface area contributed by atoms with Crippen LogP contribution in [0.25, 0.3) is 0 Å². The summed E-state index contributed by atoms with van der Waals surface area (Å²) in [5.41, 5.74) is 11.8. The number of primary amides is 1. The van der Waals surface area contributed by atoms with Crippen molar-refractivity contribution in [3.8, 4) is 5.75 Å². The molecule has 1 aliphatic rings. The molecular formula is C24H27N5O5S2. The van der Waals surface area contributed by atoms with Crippen molar-refractivity contribution < 1.29 is 23.9 Å². The summed E-state index contributed by atoms with van der Waals surface area (Å²) in [7, 11) is 1.55. The van der Waals surface area contributed by atoms with Crippen LogP contribution in [-0.4, -0.2) is 53.4 Å². The van der Waals surface area contributed by atoms with Gasteiger partial charge in [0.05, 0.1) is 25.4 Å². The number of hydrogen-bond acceptors (Lipinski definition) is 9. The SMILES string of the molecule is COc1ccc([C@H](C(=O)NC[C@H]2CCCO2)N(Cc2cccs2)C(=O)c2snc(C(N)=O)c2N)cc1. The fourth-order valence-corrected chi connectivity index (χ4v) is 5.45. The van der Waals surface area contributed by atoms with E-state index in [1.54, 1.807) is 31.4 Å². The molecule has 0 radical (unpaired) electrons. The third-order valence-electron chi connectivity index (χ3n) is 5.84. The van der Waals surface area contributed by atoms with Gasteiger partial charge in [0.15, 0.2) is 5.69 Å². The Labute approximate surface area is 216 Å². The highest BCUT2D eigenvalue weighted by Gasteiger charge is 2.35. The molecule has 4 rings (SSSR count). The summed E-state index contributed by atoms with van der Waals surface area (Å²) in [5, 5.41) is 4.85. The van der Waals surface area contributed by atoms with Gasteiger partial charge in [-0.05, 0) is 53.5 Å². The molecule has 3 amide bonds. The predicted octanol–water partition coefficient (Wildman–Crippen LogP) is 2.57. The Morgan fingerprint density at radius 3 is 2.64 bits per heavy atom. The molecule has 0 unspecified atom stereocenters. The van der Waals surface area contributed by atoms with Crippen molar-refractivity contribution in [2.45, 2.75) is 31.5 Å². The van der Waals surface area contributed by atoms with E-state index < -0.39 is 17.9 Å². The Hall–Kier alpha value is -3.48. The van der Waals surface area contributed by atoms with Gasteiger partial charge in [-0.15, -0.1) is 11.3 Å². The van der Waals surface area contributed by atoms with Crippen molar-refractivity contribution >= 4 is 46.3 Å². The van der Waals surface area contributed by atoms with Crippen molar-refractivity contribution in [2.24, 2.45) is 5.73 Å². The van der Waals surface area contributed by atoms with Crippen molar-refractivity contribution in [1.29, 1.82) is 0 Å². The number of benzene rings is 1. The van der Waals surface area contributed by atoms with Crippen molar-refractivity contribution in [3.63, 3.8) is 0 Å². The second-order valence-corrected chi connectivity index (χ2v) is 10.0. The Kier molecular flexibility index (Phi) is 8.18. The molecule has 2 aromatic heterocycles. The molecule has 0 aliphatic carbocycles. The molecule has 190 valence electrons. The molecule has 1 fully saturated rings. The highest BCUT2D eigenvalue weighted by Crippen LogP contribution is 2.31. The molecule has 1 saturated heterocycles. The minimum atomic E-state index is -0.995. The number of carbonyl (C=O) groups is 3. The zero-order valence-corrected chi connectivity index (χ0v) is 21.3. The Bertz CT molecular complexity index is 1210. The minimum Gasteiger partial charge on any atom is -0.497 e. The van der Waals surface area contributed by atoms with Crippen molar-refractivity contribution in [3.05, 3.63) is 62.8 Å². The first-order chi connectivity index (χ1) is 17.4. The number of thiophene rings is 1. The lowest BCUT2D eigenvalue weighted by Gasteiger charge is -2.31. The summed E-state index contributed by atoms with van der Waals surface area (Å²) in [5.74, 6) is -1.10. The number of anilines is 1. The molecule has 36 heavy (non-hydrogen) atoms. The van der Waals surface area contributed by atoms with Crippen molar-refractivity contribution in [2.75, 3.05) is 26.0 Å². The van der Waals surface area contributed by atoms with Crippen LogP contribution < -0.4 is 21.5 Å². The second-order valence-electron chi connectivity index (χ2n) is 8.21. The highest BCUT2D eigenvalue weighted by molar-refractivity contribution is 7.10. The number of aromatic nitrogens is 1. The monoisotopic (exact) mass is 529 g/mol. The number of nitrogens with two attached hydrogens (primary N) is 2. The van der Waals surface area contributed by atoms with E-state index in [9.17, 15) is 14.4 Å². The molecule has 10 nitrogen and oxygen atoms in total. The topological polar surface area (TPSA) is 150 Å². The standard InChI is InChI=1S/C24H27N5O5S2/c1-33-15-8-6-14(7-9-15)20(23(31)27-12-16-4-2-10-34-16)29(13-17-5-3-11-35-17)24(32)21-18(25)19(22(26)30)28-36-21/h3,5-9,11,16,20H,2,4,10,12-13,25H2,1H3,(H2,26,30)(H,27,31)/t16-,20-/m1/s1. The summed E-state index contributed by atoms with van der Waals surface area (Å²) >= 11 is 2.24. The van der Waals surface area contributed by atoms with Gasteiger partial charge in [0.25, 0.3) is 11.8 Å². The lowest BCUT2D eigenvalue weighted by Crippen LogP contribution is -2.45. The van der Waals surface area contributed by atoms with E-state index in [0.717, 1.165) is 29.3 Å². The maximum Gasteiger partial charge on any atom is 0.270 e. The van der Waals surface area contributed by atoms with Crippen LogP contribution >= 0.6 is 22.9 Å². The first-order valence-corrected chi connectivity index (χ1v) is 13.0. The number of carbonyl (C=O) groups excluding carboxylic acids is 3. The molecule has 3 aromatic rings. The molecule has 0 saturated carbocycles. The Balaban J connectivity index is 1.73. The summed E-state index contributed by atoms with van der Waals surface area (Å²) in [4.78, 5) is 41.6. The van der Waals surface area contributed by atoms with Crippen LogP contribution in [0.15, 0.2) is 41.8 Å². The fourth-order valence-electron chi connectivity index (χ4n) is 3.99. The van der Waals surface area contributed by atoms with E-state index in [4.69, 9.17) is 20.9 Å². The molecule has 0 spiro atoms. The van der Waals surface area contributed by atoms with E-state index in [0.29, 0.717) is 24.5 Å². The van der Waals surface area contributed by atoms with Gasteiger partial charge < -0.3 is 31.2 Å². The van der Waals surface area contributed by atoms with Crippen molar-refractivity contribution in [1.82, 2.24) is 14.6 Å². The van der Waals surface area contributed by atoms with Gasteiger partial charge in [-0.1, -0.05) is 18.2 Å². The largest absolute Gasteiger partial charge is 0.497 e. The average molecular weight is 530 g/mol. The first-order valence-electron chi connectivity index (χ1n) is 11.3. The predicted molar refractivity (Wildman–Crippen MR) is 137 cm³/mol. The van der Waals surface area contributed by atoms with Crippen LogP contribution in [0, 0.1) is 0 Å². The van der Waals surface area contributed by atoms with Gasteiger partial charge in [-0.2, -0.15) is 4.37 Å². The normalized spacial score (nSPS) is 15.9. The number of nitrogen functional groups attached to an aromatic ring is 1. The lowest BCUT2D eigenvalue weighted by atomic mass is 10.0. The second kappa shape index (κ2) is 11.5. The van der Waals surface area contributed by atoms with Crippen LogP contribution in [0.3, 0.4) is 0 Å². The van der Waals surface area contributed by atoms with E-state index in [1.807, 2.05) is 17.5 Å². The Morgan fingerprint density at radius 2 is 2.06 bits per heavy atom. The van der Waals surface area contributed by atoms with Crippen LogP contribution in [-0.2, 0) is 16.1 Å². The van der Waals surface area contributed by atoms with Crippen LogP contribution in [0.5, 0.6) is 5.75 Å². The third kappa shape index (κ3) is 5.66. The number of methoxy groups -OCH3 is 1. The molecular weight excluding hydrogens is 502 g/mol. The van der Waals surface area contributed by atoms with Crippen LogP contribution in [0.1, 0.15) is 49.5 Å². The molecule has 2 atom stereocenters. The van der Waals surface area contributed by atoms with Gasteiger partial charge in [0.2, 0.25) is 5.91 Å². The maximum atomic E-state index is 13.9. The average Bonchev–Trinajstić information content (AvgIpc) is 3.65. The van der Waals surface area contributed by atoms with E-state index >= 15 is 0 Å². The van der Waals surface area contributed by atoms with E-state index in [2.05, 4.69) is 9.69 Å². The minimum absolute atomic E-state index is 0.0470. The van der Waals surface area contributed by atoms with Gasteiger partial charge in [0, 0.05) is 18.0 Å². The van der Waals surface area contributed by atoms with Crippen LogP contribution in [0.4, 0.5) is 5.69 Å². The number of hydrogen-bond donors (Lipinski definition) is 3.